The smallest absolute Gasteiger partial charge is 0.330 e. The Labute approximate surface area is 123 Å². The lowest BCUT2D eigenvalue weighted by Crippen LogP contribution is -2.37. The van der Waals surface area contributed by atoms with Crippen molar-refractivity contribution >= 4 is 11.5 Å². The molecule has 1 aromatic rings. The summed E-state index contributed by atoms with van der Waals surface area (Å²) in [6, 6.07) is 0.234. The van der Waals surface area contributed by atoms with E-state index in [4.69, 9.17) is 10.5 Å². The molecule has 1 saturated carbocycles. The Hall–Kier alpha value is -1.76. The number of ether oxygens (including phenoxy) is 1. The molecule has 0 aromatic carbocycles. The first kappa shape index (κ1) is 15.6. The molecular formula is C14H24N4O3. The normalized spacial score (nSPS) is 22.2. The zero-order chi connectivity index (χ0) is 15.4. The Morgan fingerprint density at radius 1 is 1.33 bits per heavy atom. The first-order chi connectivity index (χ1) is 10.0. The highest BCUT2D eigenvalue weighted by atomic mass is 16.5. The second kappa shape index (κ2) is 6.80. The SMILES string of the molecule is COCCn1c(N)c(NC2CCC(C)CC2)c(=O)[nH]c1=O. The zero-order valence-electron chi connectivity index (χ0n) is 12.6. The average molecular weight is 296 g/mol. The van der Waals surface area contributed by atoms with E-state index in [1.165, 1.54) is 4.57 Å². The minimum absolute atomic E-state index is 0.180. The van der Waals surface area contributed by atoms with Crippen LogP contribution in [0.5, 0.6) is 0 Å². The third-order valence-corrected chi connectivity index (χ3v) is 4.12. The molecule has 21 heavy (non-hydrogen) atoms. The van der Waals surface area contributed by atoms with Crippen LogP contribution >= 0.6 is 0 Å². The summed E-state index contributed by atoms with van der Waals surface area (Å²) < 4.78 is 6.29. The summed E-state index contributed by atoms with van der Waals surface area (Å²) in [7, 11) is 1.55. The largest absolute Gasteiger partial charge is 0.383 e. The third kappa shape index (κ3) is 3.66. The number of nitrogens with zero attached hydrogens (tertiary/aromatic N) is 1. The molecule has 0 saturated heterocycles. The zero-order valence-corrected chi connectivity index (χ0v) is 12.6. The van der Waals surface area contributed by atoms with Crippen molar-refractivity contribution in [2.24, 2.45) is 5.92 Å². The maximum atomic E-state index is 12.0. The fourth-order valence-corrected chi connectivity index (χ4v) is 2.74. The molecule has 2 rings (SSSR count). The van der Waals surface area contributed by atoms with E-state index in [1.807, 2.05) is 0 Å². The summed E-state index contributed by atoms with van der Waals surface area (Å²) in [6.45, 7) is 2.91. The lowest BCUT2D eigenvalue weighted by atomic mass is 9.87. The van der Waals surface area contributed by atoms with E-state index in [1.54, 1.807) is 7.11 Å². The topological polar surface area (TPSA) is 102 Å². The molecule has 0 atom stereocenters. The van der Waals surface area contributed by atoms with E-state index in [0.717, 1.165) is 31.6 Å². The first-order valence-electron chi connectivity index (χ1n) is 7.41. The number of rotatable bonds is 5. The quantitative estimate of drug-likeness (QED) is 0.744. The van der Waals surface area contributed by atoms with Gasteiger partial charge >= 0.3 is 5.69 Å². The molecule has 7 nitrogen and oxygen atoms in total. The Morgan fingerprint density at radius 3 is 2.62 bits per heavy atom. The molecule has 1 heterocycles. The summed E-state index contributed by atoms with van der Waals surface area (Å²) in [5.41, 5.74) is 5.34. The van der Waals surface area contributed by atoms with Gasteiger partial charge in [-0.15, -0.1) is 0 Å². The molecule has 7 heteroatoms. The van der Waals surface area contributed by atoms with Gasteiger partial charge in [0.2, 0.25) is 0 Å². The first-order valence-corrected chi connectivity index (χ1v) is 7.41. The van der Waals surface area contributed by atoms with Crippen LogP contribution in [0, 0.1) is 5.92 Å². The minimum atomic E-state index is -0.502. The molecule has 0 radical (unpaired) electrons. The Kier molecular flexibility index (Phi) is 5.06. The van der Waals surface area contributed by atoms with Crippen LogP contribution in [0.15, 0.2) is 9.59 Å². The monoisotopic (exact) mass is 296 g/mol. The molecule has 1 aliphatic carbocycles. The summed E-state index contributed by atoms with van der Waals surface area (Å²) in [5.74, 6) is 0.911. The fourth-order valence-electron chi connectivity index (χ4n) is 2.74. The number of anilines is 2. The standard InChI is InChI=1S/C14H24N4O3/c1-9-3-5-10(6-4-9)16-11-12(15)18(7-8-21-2)14(20)17-13(11)19/h9-10,16H,3-8,15H2,1-2H3,(H,17,19,20). The van der Waals surface area contributed by atoms with Crippen molar-refractivity contribution in [1.82, 2.24) is 9.55 Å². The lowest BCUT2D eigenvalue weighted by molar-refractivity contribution is 0.186. The van der Waals surface area contributed by atoms with E-state index >= 15 is 0 Å². The van der Waals surface area contributed by atoms with E-state index in [0.29, 0.717) is 18.8 Å². The maximum absolute atomic E-state index is 12.0. The Bertz CT molecular complexity index is 585. The van der Waals surface area contributed by atoms with Crippen LogP contribution in [0.4, 0.5) is 11.5 Å². The van der Waals surface area contributed by atoms with Crippen molar-refractivity contribution in [1.29, 1.82) is 0 Å². The molecule has 1 aromatic heterocycles. The van der Waals surface area contributed by atoms with Gasteiger partial charge in [0.1, 0.15) is 11.5 Å². The molecule has 0 spiro atoms. The van der Waals surface area contributed by atoms with Gasteiger partial charge in [-0.1, -0.05) is 6.92 Å². The molecule has 1 aliphatic rings. The number of hydrogen-bond acceptors (Lipinski definition) is 5. The summed E-state index contributed by atoms with van der Waals surface area (Å²) in [5, 5.41) is 3.21. The number of aromatic amines is 1. The second-order valence-electron chi connectivity index (χ2n) is 5.77. The van der Waals surface area contributed by atoms with Gasteiger partial charge in [0.05, 0.1) is 13.2 Å². The van der Waals surface area contributed by atoms with Gasteiger partial charge in [-0.05, 0) is 31.6 Å². The number of methoxy groups -OCH3 is 1. The van der Waals surface area contributed by atoms with Crippen molar-refractivity contribution in [3.8, 4) is 0 Å². The van der Waals surface area contributed by atoms with Crippen LogP contribution < -0.4 is 22.3 Å². The van der Waals surface area contributed by atoms with Gasteiger partial charge in [0, 0.05) is 13.2 Å². The summed E-state index contributed by atoms with van der Waals surface area (Å²) in [6.07, 6.45) is 4.30. The number of H-pyrrole nitrogens is 1. The molecule has 0 amide bonds. The Balaban J connectivity index is 2.22. The molecule has 1 fully saturated rings. The summed E-state index contributed by atoms with van der Waals surface area (Å²) >= 11 is 0. The van der Waals surface area contributed by atoms with Crippen LogP contribution in [0.1, 0.15) is 32.6 Å². The average Bonchev–Trinajstić information content (AvgIpc) is 2.45. The Morgan fingerprint density at radius 2 is 2.00 bits per heavy atom. The van der Waals surface area contributed by atoms with E-state index in [9.17, 15) is 9.59 Å². The number of nitrogens with two attached hydrogens (primary N) is 1. The highest BCUT2D eigenvalue weighted by Crippen LogP contribution is 2.26. The number of hydrogen-bond donors (Lipinski definition) is 3. The van der Waals surface area contributed by atoms with Gasteiger partial charge in [-0.3, -0.25) is 14.3 Å². The van der Waals surface area contributed by atoms with Gasteiger partial charge in [-0.2, -0.15) is 0 Å². The number of nitrogens with one attached hydrogen (secondary N) is 2. The predicted octanol–water partition coefficient (Wildman–Crippen LogP) is 0.756. The van der Waals surface area contributed by atoms with E-state index in [2.05, 4.69) is 17.2 Å². The van der Waals surface area contributed by atoms with Gasteiger partial charge < -0.3 is 15.8 Å². The van der Waals surface area contributed by atoms with Crippen molar-refractivity contribution < 1.29 is 4.74 Å². The van der Waals surface area contributed by atoms with Crippen LogP contribution in [-0.4, -0.2) is 29.3 Å². The number of nitrogen functional groups attached to an aromatic ring is 1. The van der Waals surface area contributed by atoms with Crippen LogP contribution in [0.2, 0.25) is 0 Å². The molecule has 0 unspecified atom stereocenters. The van der Waals surface area contributed by atoms with E-state index < -0.39 is 11.2 Å². The highest BCUT2D eigenvalue weighted by Gasteiger charge is 2.21. The van der Waals surface area contributed by atoms with Gasteiger partial charge in [-0.25, -0.2) is 4.79 Å². The van der Waals surface area contributed by atoms with Crippen LogP contribution in [-0.2, 0) is 11.3 Å². The highest BCUT2D eigenvalue weighted by molar-refractivity contribution is 5.60. The van der Waals surface area contributed by atoms with Gasteiger partial charge in [0.25, 0.3) is 5.56 Å². The maximum Gasteiger partial charge on any atom is 0.330 e. The second-order valence-corrected chi connectivity index (χ2v) is 5.77. The molecule has 0 bridgehead atoms. The van der Waals surface area contributed by atoms with Crippen molar-refractivity contribution in [2.45, 2.75) is 45.2 Å². The molecule has 118 valence electrons. The van der Waals surface area contributed by atoms with Crippen LogP contribution in [0.25, 0.3) is 0 Å². The molecular weight excluding hydrogens is 272 g/mol. The fraction of sp³-hybridized carbons (Fsp3) is 0.714. The van der Waals surface area contributed by atoms with E-state index in [-0.39, 0.29) is 11.9 Å². The van der Waals surface area contributed by atoms with Crippen LogP contribution in [0.3, 0.4) is 0 Å². The molecule has 4 N–H and O–H groups in total. The predicted molar refractivity (Wildman–Crippen MR) is 82.7 cm³/mol. The van der Waals surface area contributed by atoms with Crippen molar-refractivity contribution in [2.75, 3.05) is 24.8 Å². The summed E-state index contributed by atoms with van der Waals surface area (Å²) in [4.78, 5) is 26.1. The van der Waals surface area contributed by atoms with Crippen molar-refractivity contribution in [3.63, 3.8) is 0 Å². The van der Waals surface area contributed by atoms with Gasteiger partial charge in [0.15, 0.2) is 0 Å². The minimum Gasteiger partial charge on any atom is -0.383 e. The third-order valence-electron chi connectivity index (χ3n) is 4.12. The molecule has 0 aliphatic heterocycles. The number of aromatic nitrogens is 2. The lowest BCUT2D eigenvalue weighted by Gasteiger charge is -2.28. The van der Waals surface area contributed by atoms with Crippen molar-refractivity contribution in [3.05, 3.63) is 20.8 Å².